The molecule has 1 amide bonds. The fourth-order valence-corrected chi connectivity index (χ4v) is 4.57. The van der Waals surface area contributed by atoms with Crippen molar-refractivity contribution < 1.29 is 4.79 Å². The highest BCUT2D eigenvalue weighted by atomic mass is 35.5. The summed E-state index contributed by atoms with van der Waals surface area (Å²) in [6, 6.07) is 7.22. The number of piperazine rings is 1. The third-order valence-corrected chi connectivity index (χ3v) is 6.28. The number of nitrogens with one attached hydrogen (secondary N) is 2. The third-order valence-electron chi connectivity index (χ3n) is 5.69. The topological polar surface area (TPSA) is 77.1 Å². The maximum atomic E-state index is 13.2. The number of aromatic nitrogens is 3. The monoisotopic (exact) mass is 454 g/mol. The third kappa shape index (κ3) is 3.59. The van der Waals surface area contributed by atoms with E-state index in [9.17, 15) is 4.79 Å². The molecule has 4 aromatic rings. The molecule has 0 aliphatic carbocycles. The van der Waals surface area contributed by atoms with Gasteiger partial charge in [-0.1, -0.05) is 23.2 Å². The summed E-state index contributed by atoms with van der Waals surface area (Å²) in [7, 11) is 2.10. The summed E-state index contributed by atoms with van der Waals surface area (Å²) in [5, 5.41) is 5.72. The predicted molar refractivity (Wildman–Crippen MR) is 126 cm³/mol. The Morgan fingerprint density at radius 3 is 2.71 bits per heavy atom. The van der Waals surface area contributed by atoms with Crippen molar-refractivity contribution in [2.75, 3.05) is 43.4 Å². The van der Waals surface area contributed by atoms with E-state index in [1.807, 2.05) is 12.1 Å². The Morgan fingerprint density at radius 2 is 1.94 bits per heavy atom. The number of likely N-dealkylation sites (N-methyl/N-ethyl adjacent to an activating group) is 1. The van der Waals surface area contributed by atoms with E-state index in [0.717, 1.165) is 53.7 Å². The van der Waals surface area contributed by atoms with Crippen LogP contribution in [0.4, 0.5) is 11.4 Å². The number of aromatic amines is 1. The molecule has 9 heteroatoms. The van der Waals surface area contributed by atoms with Crippen LogP contribution in [-0.4, -0.2) is 59.0 Å². The Morgan fingerprint density at radius 1 is 1.13 bits per heavy atom. The average molecular weight is 455 g/mol. The number of hydrogen-bond donors (Lipinski definition) is 2. The van der Waals surface area contributed by atoms with Crippen LogP contribution in [0.3, 0.4) is 0 Å². The van der Waals surface area contributed by atoms with Crippen LogP contribution in [0.2, 0.25) is 10.2 Å². The van der Waals surface area contributed by atoms with E-state index in [0.29, 0.717) is 16.3 Å². The van der Waals surface area contributed by atoms with Crippen LogP contribution in [0.1, 0.15) is 10.4 Å². The lowest BCUT2D eigenvalue weighted by Crippen LogP contribution is -2.44. The van der Waals surface area contributed by atoms with Crippen LogP contribution in [0, 0.1) is 0 Å². The van der Waals surface area contributed by atoms with E-state index < -0.39 is 0 Å². The number of amides is 1. The van der Waals surface area contributed by atoms with Crippen LogP contribution in [-0.2, 0) is 0 Å². The second-order valence-corrected chi connectivity index (χ2v) is 8.40. The van der Waals surface area contributed by atoms with Gasteiger partial charge in [-0.15, -0.1) is 0 Å². The molecule has 0 saturated carbocycles. The molecule has 5 rings (SSSR count). The highest BCUT2D eigenvalue weighted by Gasteiger charge is 2.25. The van der Waals surface area contributed by atoms with Gasteiger partial charge in [-0.25, -0.2) is 4.98 Å². The number of H-pyrrole nitrogens is 1. The SMILES string of the molecule is CN1CCN(c2c(Cl)cc3c([nH]c4cnccc43)c2NC(=O)c2cccnc2Cl)CC1. The van der Waals surface area contributed by atoms with Gasteiger partial charge in [0.15, 0.2) is 0 Å². The largest absolute Gasteiger partial charge is 0.366 e. The van der Waals surface area contributed by atoms with Gasteiger partial charge < -0.3 is 20.1 Å². The van der Waals surface area contributed by atoms with Crippen molar-refractivity contribution in [3.05, 3.63) is 58.6 Å². The molecule has 158 valence electrons. The maximum Gasteiger partial charge on any atom is 0.258 e. The first-order chi connectivity index (χ1) is 15.0. The van der Waals surface area contributed by atoms with Gasteiger partial charge in [-0.3, -0.25) is 9.78 Å². The number of hydrogen-bond acceptors (Lipinski definition) is 5. The van der Waals surface area contributed by atoms with Crippen LogP contribution >= 0.6 is 23.2 Å². The van der Waals surface area contributed by atoms with Gasteiger partial charge in [0.2, 0.25) is 0 Å². The molecule has 0 atom stereocenters. The average Bonchev–Trinajstić information content (AvgIpc) is 3.13. The second kappa shape index (κ2) is 8.00. The van der Waals surface area contributed by atoms with Crippen molar-refractivity contribution in [3.63, 3.8) is 0 Å². The summed E-state index contributed by atoms with van der Waals surface area (Å²) in [6.07, 6.45) is 5.06. The van der Waals surface area contributed by atoms with E-state index >= 15 is 0 Å². The minimum absolute atomic E-state index is 0.153. The molecule has 0 radical (unpaired) electrons. The van der Waals surface area contributed by atoms with E-state index in [4.69, 9.17) is 23.2 Å². The van der Waals surface area contributed by atoms with E-state index in [2.05, 4.69) is 37.1 Å². The number of rotatable bonds is 3. The van der Waals surface area contributed by atoms with Gasteiger partial charge in [0.05, 0.1) is 39.2 Å². The van der Waals surface area contributed by atoms with Crippen molar-refractivity contribution >= 4 is 62.3 Å². The molecule has 0 unspecified atom stereocenters. The molecule has 4 heterocycles. The van der Waals surface area contributed by atoms with Crippen LogP contribution in [0.5, 0.6) is 0 Å². The molecule has 0 bridgehead atoms. The molecule has 2 N–H and O–H groups in total. The summed E-state index contributed by atoms with van der Waals surface area (Å²) >= 11 is 13.0. The molecule has 7 nitrogen and oxygen atoms in total. The van der Waals surface area contributed by atoms with Crippen molar-refractivity contribution in [1.29, 1.82) is 0 Å². The van der Waals surface area contributed by atoms with Gasteiger partial charge in [0.25, 0.3) is 5.91 Å². The fourth-order valence-electron chi connectivity index (χ4n) is 4.04. The first-order valence-corrected chi connectivity index (χ1v) is 10.7. The van der Waals surface area contributed by atoms with E-state index in [1.54, 1.807) is 30.7 Å². The normalized spacial score (nSPS) is 15.0. The molecular formula is C22H20Cl2N6O. The lowest BCUT2D eigenvalue weighted by Gasteiger charge is -2.35. The Balaban J connectivity index is 1.69. The zero-order valence-electron chi connectivity index (χ0n) is 16.8. The number of carbonyl (C=O) groups excluding carboxylic acids is 1. The Hall–Kier alpha value is -2.87. The molecule has 1 aliphatic rings. The number of carbonyl (C=O) groups is 1. The van der Waals surface area contributed by atoms with Gasteiger partial charge in [0.1, 0.15) is 5.15 Å². The van der Waals surface area contributed by atoms with Crippen LogP contribution in [0.15, 0.2) is 42.9 Å². The summed E-state index contributed by atoms with van der Waals surface area (Å²) in [4.78, 5) is 29.3. The van der Waals surface area contributed by atoms with Crippen molar-refractivity contribution in [1.82, 2.24) is 19.9 Å². The summed E-state index contributed by atoms with van der Waals surface area (Å²) in [6.45, 7) is 3.43. The highest BCUT2D eigenvalue weighted by Crippen LogP contribution is 2.43. The van der Waals surface area contributed by atoms with Gasteiger partial charge >= 0.3 is 0 Å². The molecule has 0 spiro atoms. The predicted octanol–water partition coefficient (Wildman–Crippen LogP) is 4.42. The smallest absolute Gasteiger partial charge is 0.258 e. The van der Waals surface area contributed by atoms with Crippen LogP contribution < -0.4 is 10.2 Å². The Kier molecular flexibility index (Phi) is 5.17. The number of benzene rings is 1. The fraction of sp³-hybridized carbons (Fsp3) is 0.227. The molecule has 3 aromatic heterocycles. The Bertz CT molecular complexity index is 1300. The molecule has 1 aromatic carbocycles. The molecule has 1 saturated heterocycles. The van der Waals surface area contributed by atoms with Gasteiger partial charge in [-0.05, 0) is 31.3 Å². The van der Waals surface area contributed by atoms with Crippen molar-refractivity contribution in [2.24, 2.45) is 0 Å². The summed E-state index contributed by atoms with van der Waals surface area (Å²) in [5.41, 5.74) is 3.41. The standard InChI is InChI=1S/C22H20Cl2N6O/c1-29-7-9-30(10-8-29)20-16(23)11-15-13-4-6-25-12-17(13)27-18(15)19(20)28-22(31)14-3-2-5-26-21(14)24/h2-6,11-12,27H,7-10H2,1H3,(H,28,31). The zero-order chi connectivity index (χ0) is 21.5. The summed E-state index contributed by atoms with van der Waals surface area (Å²) in [5.74, 6) is -0.339. The number of halogens is 2. The minimum Gasteiger partial charge on any atom is -0.366 e. The minimum atomic E-state index is -0.339. The molecule has 1 aliphatic heterocycles. The summed E-state index contributed by atoms with van der Waals surface area (Å²) < 4.78 is 0. The Labute approximate surface area is 189 Å². The number of pyridine rings is 2. The lowest BCUT2D eigenvalue weighted by molar-refractivity contribution is 0.102. The number of nitrogens with zero attached hydrogens (tertiary/aromatic N) is 4. The molecule has 31 heavy (non-hydrogen) atoms. The maximum absolute atomic E-state index is 13.2. The number of anilines is 2. The second-order valence-electron chi connectivity index (χ2n) is 7.64. The first-order valence-electron chi connectivity index (χ1n) is 9.96. The van der Waals surface area contributed by atoms with Gasteiger partial charge in [0, 0.05) is 49.3 Å². The van der Waals surface area contributed by atoms with Crippen LogP contribution in [0.25, 0.3) is 21.8 Å². The number of fused-ring (bicyclic) bond motifs is 3. The van der Waals surface area contributed by atoms with Gasteiger partial charge in [-0.2, -0.15) is 0 Å². The molecule has 1 fully saturated rings. The molecular weight excluding hydrogens is 435 g/mol. The highest BCUT2D eigenvalue weighted by molar-refractivity contribution is 6.37. The lowest BCUT2D eigenvalue weighted by atomic mass is 10.1. The zero-order valence-corrected chi connectivity index (χ0v) is 18.3. The quantitative estimate of drug-likeness (QED) is 0.448. The van der Waals surface area contributed by atoms with E-state index in [-0.39, 0.29) is 11.1 Å². The first kappa shape index (κ1) is 20.1. The van der Waals surface area contributed by atoms with E-state index in [1.165, 1.54) is 0 Å². The van der Waals surface area contributed by atoms with Crippen molar-refractivity contribution in [3.8, 4) is 0 Å². The van der Waals surface area contributed by atoms with Crippen molar-refractivity contribution in [2.45, 2.75) is 0 Å².